The normalized spacial score (nSPS) is 20.5. The number of piperidine rings is 1. The van der Waals surface area contributed by atoms with Gasteiger partial charge in [0.2, 0.25) is 0 Å². The molecular formula is C20H30ClNO4. The number of carbonyl (C=O) groups excluding carboxylic acids is 1. The first-order chi connectivity index (χ1) is 12.2. The van der Waals surface area contributed by atoms with Crippen LogP contribution in [0, 0.1) is 5.92 Å². The molecule has 5 nitrogen and oxygen atoms in total. The monoisotopic (exact) mass is 383 g/mol. The molecule has 2 atom stereocenters. The van der Waals surface area contributed by atoms with E-state index < -0.39 is 11.2 Å². The Kier molecular flexibility index (Phi) is 6.94. The molecule has 0 spiro atoms. The van der Waals surface area contributed by atoms with Crippen LogP contribution in [0.25, 0.3) is 0 Å². The number of benzene rings is 1. The molecule has 0 aromatic heterocycles. The van der Waals surface area contributed by atoms with Gasteiger partial charge in [0.15, 0.2) is 0 Å². The van der Waals surface area contributed by atoms with Gasteiger partial charge in [0.1, 0.15) is 5.60 Å². The molecule has 0 saturated carbocycles. The highest BCUT2D eigenvalue weighted by atomic mass is 35.5. The van der Waals surface area contributed by atoms with Crippen LogP contribution in [0.5, 0.6) is 0 Å². The van der Waals surface area contributed by atoms with Crippen LogP contribution in [0.3, 0.4) is 0 Å². The van der Waals surface area contributed by atoms with Crippen LogP contribution in [-0.2, 0) is 15.1 Å². The zero-order chi connectivity index (χ0) is 19.4. The lowest BCUT2D eigenvalue weighted by Crippen LogP contribution is -2.49. The SMILES string of the molecule is CC(C)(C)OC(=O)N1CCCC(C(C)(OCCO)c2cccc(Cl)c2)C1. The average molecular weight is 384 g/mol. The maximum Gasteiger partial charge on any atom is 0.410 e. The number of hydrogen-bond acceptors (Lipinski definition) is 4. The van der Waals surface area contributed by atoms with E-state index in [2.05, 4.69) is 0 Å². The largest absolute Gasteiger partial charge is 0.444 e. The number of nitrogens with zero attached hydrogens (tertiary/aromatic N) is 1. The molecule has 1 aliphatic heterocycles. The van der Waals surface area contributed by atoms with E-state index in [-0.39, 0.29) is 25.2 Å². The number of aliphatic hydroxyl groups excluding tert-OH is 1. The van der Waals surface area contributed by atoms with E-state index >= 15 is 0 Å². The van der Waals surface area contributed by atoms with Crippen molar-refractivity contribution in [2.24, 2.45) is 5.92 Å². The van der Waals surface area contributed by atoms with Crippen molar-refractivity contribution in [2.45, 2.75) is 51.7 Å². The van der Waals surface area contributed by atoms with Crippen LogP contribution in [0.2, 0.25) is 5.02 Å². The van der Waals surface area contributed by atoms with E-state index in [1.165, 1.54) is 0 Å². The van der Waals surface area contributed by atoms with Crippen LogP contribution in [-0.4, -0.2) is 48.0 Å². The molecule has 1 N–H and O–H groups in total. The summed E-state index contributed by atoms with van der Waals surface area (Å²) in [5.41, 5.74) is -0.211. The maximum atomic E-state index is 12.5. The van der Waals surface area contributed by atoms with E-state index in [4.69, 9.17) is 21.1 Å². The van der Waals surface area contributed by atoms with Crippen molar-refractivity contribution in [3.63, 3.8) is 0 Å². The van der Waals surface area contributed by atoms with Crippen LogP contribution in [0.4, 0.5) is 4.79 Å². The number of rotatable bonds is 5. The van der Waals surface area contributed by atoms with E-state index in [0.29, 0.717) is 18.1 Å². The second-order valence-electron chi connectivity index (χ2n) is 7.95. The van der Waals surface area contributed by atoms with Gasteiger partial charge in [-0.2, -0.15) is 0 Å². The van der Waals surface area contributed by atoms with Gasteiger partial charge < -0.3 is 19.5 Å². The summed E-state index contributed by atoms with van der Waals surface area (Å²) in [5, 5.41) is 9.90. The topological polar surface area (TPSA) is 59.0 Å². The molecule has 26 heavy (non-hydrogen) atoms. The fourth-order valence-corrected chi connectivity index (χ4v) is 3.60. The minimum atomic E-state index is -0.645. The van der Waals surface area contributed by atoms with Crippen LogP contribution in [0.15, 0.2) is 24.3 Å². The third-order valence-corrected chi connectivity index (χ3v) is 4.98. The molecule has 2 unspecified atom stereocenters. The van der Waals surface area contributed by atoms with Crippen molar-refractivity contribution in [3.05, 3.63) is 34.9 Å². The van der Waals surface area contributed by atoms with Gasteiger partial charge in [-0.3, -0.25) is 0 Å². The fourth-order valence-electron chi connectivity index (χ4n) is 3.41. The van der Waals surface area contributed by atoms with Gasteiger partial charge in [-0.25, -0.2) is 4.79 Å². The highest BCUT2D eigenvalue weighted by Crippen LogP contribution is 2.39. The van der Waals surface area contributed by atoms with E-state index in [1.807, 2.05) is 52.0 Å². The first-order valence-electron chi connectivity index (χ1n) is 9.14. The summed E-state index contributed by atoms with van der Waals surface area (Å²) >= 11 is 6.19. The van der Waals surface area contributed by atoms with Crippen LogP contribution in [0.1, 0.15) is 46.1 Å². The molecule has 2 rings (SSSR count). The average Bonchev–Trinajstić information content (AvgIpc) is 2.58. The summed E-state index contributed by atoms with van der Waals surface area (Å²) in [6.45, 7) is 9.01. The summed E-state index contributed by atoms with van der Waals surface area (Å²) in [6.07, 6.45) is 1.51. The molecule has 6 heteroatoms. The van der Waals surface area contributed by atoms with Gasteiger partial charge in [-0.1, -0.05) is 23.7 Å². The van der Waals surface area contributed by atoms with Gasteiger partial charge >= 0.3 is 6.09 Å². The van der Waals surface area contributed by atoms with Crippen molar-refractivity contribution >= 4 is 17.7 Å². The van der Waals surface area contributed by atoms with Crippen molar-refractivity contribution < 1.29 is 19.4 Å². The number of carbonyl (C=O) groups is 1. The van der Waals surface area contributed by atoms with Crippen molar-refractivity contribution in [3.8, 4) is 0 Å². The van der Waals surface area contributed by atoms with Gasteiger partial charge in [0, 0.05) is 24.0 Å². The van der Waals surface area contributed by atoms with Gasteiger partial charge in [0.25, 0.3) is 0 Å². The Morgan fingerprint density at radius 3 is 2.69 bits per heavy atom. The lowest BCUT2D eigenvalue weighted by Gasteiger charge is -2.43. The number of amides is 1. The summed E-state index contributed by atoms with van der Waals surface area (Å²) in [7, 11) is 0. The third-order valence-electron chi connectivity index (χ3n) is 4.74. The maximum absolute atomic E-state index is 12.5. The summed E-state index contributed by atoms with van der Waals surface area (Å²) < 4.78 is 11.6. The predicted molar refractivity (Wildman–Crippen MR) is 102 cm³/mol. The zero-order valence-electron chi connectivity index (χ0n) is 16.1. The minimum Gasteiger partial charge on any atom is -0.444 e. The summed E-state index contributed by atoms with van der Waals surface area (Å²) in [6, 6.07) is 7.60. The minimum absolute atomic E-state index is 0.0569. The van der Waals surface area contributed by atoms with E-state index in [1.54, 1.807) is 4.90 Å². The molecule has 0 bridgehead atoms. The Morgan fingerprint density at radius 2 is 2.08 bits per heavy atom. The Labute approximate surface area is 161 Å². The first kappa shape index (κ1) is 21.0. The molecule has 1 amide bonds. The Hall–Kier alpha value is -1.30. The molecule has 1 fully saturated rings. The van der Waals surface area contributed by atoms with Gasteiger partial charge in [-0.05, 0) is 58.2 Å². The van der Waals surface area contributed by atoms with Crippen molar-refractivity contribution in [2.75, 3.05) is 26.3 Å². The van der Waals surface area contributed by atoms with Crippen LogP contribution >= 0.6 is 11.6 Å². The first-order valence-corrected chi connectivity index (χ1v) is 9.52. The standard InChI is InChI=1S/C20H30ClNO4/c1-19(2,3)26-18(24)22-10-6-8-16(14-22)20(4,25-12-11-23)15-7-5-9-17(21)13-15/h5,7,9,13,16,23H,6,8,10-12,14H2,1-4H3. The Balaban J connectivity index is 2.23. The predicted octanol–water partition coefficient (Wildman–Crippen LogP) is 4.21. The quantitative estimate of drug-likeness (QED) is 0.827. The second-order valence-corrected chi connectivity index (χ2v) is 8.39. The lowest BCUT2D eigenvalue weighted by atomic mass is 9.78. The lowest BCUT2D eigenvalue weighted by molar-refractivity contribution is -0.106. The molecule has 1 aromatic rings. The molecule has 1 heterocycles. The van der Waals surface area contributed by atoms with E-state index in [9.17, 15) is 9.90 Å². The number of likely N-dealkylation sites (tertiary alicyclic amines) is 1. The van der Waals surface area contributed by atoms with E-state index in [0.717, 1.165) is 18.4 Å². The molecule has 1 saturated heterocycles. The number of aliphatic hydroxyl groups is 1. The smallest absolute Gasteiger partial charge is 0.410 e. The number of halogens is 1. The van der Waals surface area contributed by atoms with Crippen LogP contribution < -0.4 is 0 Å². The summed E-state index contributed by atoms with van der Waals surface area (Å²) in [4.78, 5) is 14.2. The highest BCUT2D eigenvalue weighted by molar-refractivity contribution is 6.30. The molecule has 146 valence electrons. The Bertz CT molecular complexity index is 616. The molecule has 0 radical (unpaired) electrons. The molecular weight excluding hydrogens is 354 g/mol. The Morgan fingerprint density at radius 1 is 1.35 bits per heavy atom. The molecule has 0 aliphatic carbocycles. The third kappa shape index (κ3) is 5.35. The number of ether oxygens (including phenoxy) is 2. The van der Waals surface area contributed by atoms with Crippen molar-refractivity contribution in [1.82, 2.24) is 4.90 Å². The fraction of sp³-hybridized carbons (Fsp3) is 0.650. The highest BCUT2D eigenvalue weighted by Gasteiger charge is 2.41. The summed E-state index contributed by atoms with van der Waals surface area (Å²) in [5.74, 6) is 0.0776. The molecule has 1 aromatic carbocycles. The van der Waals surface area contributed by atoms with Gasteiger partial charge in [0.05, 0.1) is 18.8 Å². The second kappa shape index (κ2) is 8.59. The van der Waals surface area contributed by atoms with Crippen molar-refractivity contribution in [1.29, 1.82) is 0 Å². The molecule has 1 aliphatic rings. The number of hydrogen-bond donors (Lipinski definition) is 1. The zero-order valence-corrected chi connectivity index (χ0v) is 16.9. The van der Waals surface area contributed by atoms with Gasteiger partial charge in [-0.15, -0.1) is 0 Å².